The van der Waals surface area contributed by atoms with Crippen molar-refractivity contribution in [3.05, 3.63) is 71.8 Å². The number of aromatic nitrogens is 2. The number of aliphatic hydroxyl groups is 2. The molecule has 0 aliphatic rings. The lowest BCUT2D eigenvalue weighted by molar-refractivity contribution is -0.123. The van der Waals surface area contributed by atoms with E-state index in [1.165, 1.54) is 18.3 Å². The average Bonchev–Trinajstić information content (AvgIpc) is 2.80. The zero-order valence-electron chi connectivity index (χ0n) is 19.8. The normalized spacial score (nSPS) is 14.3. The third-order valence-corrected chi connectivity index (χ3v) is 5.84. The van der Waals surface area contributed by atoms with Crippen molar-refractivity contribution in [3.8, 4) is 0 Å². The van der Waals surface area contributed by atoms with Crippen molar-refractivity contribution < 1.29 is 24.2 Å². The van der Waals surface area contributed by atoms with Gasteiger partial charge in [-0.1, -0.05) is 24.3 Å². The van der Waals surface area contributed by atoms with Crippen LogP contribution in [-0.4, -0.2) is 49.7 Å². The first-order chi connectivity index (χ1) is 16.5. The molecule has 2 amide bonds. The maximum Gasteiger partial charge on any atom is 0.271 e. The molecule has 0 aliphatic carbocycles. The lowest BCUT2D eigenvalue weighted by atomic mass is 9.87. The largest absolute Gasteiger partial charge is 0.391 e. The smallest absolute Gasteiger partial charge is 0.271 e. The summed E-state index contributed by atoms with van der Waals surface area (Å²) in [7, 11) is 0. The maximum absolute atomic E-state index is 13.8. The summed E-state index contributed by atoms with van der Waals surface area (Å²) in [6.07, 6.45) is 0.833. The summed E-state index contributed by atoms with van der Waals surface area (Å²) in [5.41, 5.74) is 6.35. The standard InChI is InChI=1S/C26H31FN4O4/c1-26(2,35)11-10-17(24(28)33)14-23(32)21(13-16-6-5-7-18(27)12-16)31-25(34)22-15-29-19-8-3-4-9-20(19)30-22/h3-9,12,15,17,21,23,32,35H,10-11,13-14H2,1-2H3,(H2,28,33)(H,31,34)/t17-,21-,23-/m0/s1. The Kier molecular flexibility index (Phi) is 8.48. The zero-order chi connectivity index (χ0) is 25.6. The number of carbonyl (C=O) groups is 2. The highest BCUT2D eigenvalue weighted by molar-refractivity contribution is 5.94. The number of amides is 2. The van der Waals surface area contributed by atoms with Gasteiger partial charge in [-0.2, -0.15) is 0 Å². The number of halogens is 1. The van der Waals surface area contributed by atoms with Gasteiger partial charge < -0.3 is 21.3 Å². The molecule has 2 aromatic carbocycles. The molecule has 1 aromatic heterocycles. The van der Waals surface area contributed by atoms with Crippen LogP contribution in [0.2, 0.25) is 0 Å². The highest BCUT2D eigenvalue weighted by Crippen LogP contribution is 2.22. The molecule has 9 heteroatoms. The third kappa shape index (κ3) is 7.80. The number of fused-ring (bicyclic) bond motifs is 1. The second kappa shape index (κ2) is 11.3. The summed E-state index contributed by atoms with van der Waals surface area (Å²) in [6.45, 7) is 3.25. The predicted molar refractivity (Wildman–Crippen MR) is 130 cm³/mol. The molecule has 8 nitrogen and oxygen atoms in total. The quantitative estimate of drug-likeness (QED) is 0.331. The van der Waals surface area contributed by atoms with Crippen LogP contribution in [0, 0.1) is 11.7 Å². The van der Waals surface area contributed by atoms with E-state index < -0.39 is 41.3 Å². The fourth-order valence-corrected chi connectivity index (χ4v) is 3.87. The number of rotatable bonds is 11. The second-order valence-corrected chi connectivity index (χ2v) is 9.41. The number of nitrogens with one attached hydrogen (secondary N) is 1. The van der Waals surface area contributed by atoms with E-state index in [1.807, 2.05) is 6.07 Å². The molecule has 0 bridgehead atoms. The van der Waals surface area contributed by atoms with Gasteiger partial charge in [0.1, 0.15) is 11.5 Å². The maximum atomic E-state index is 13.8. The second-order valence-electron chi connectivity index (χ2n) is 9.41. The molecule has 0 saturated carbocycles. The molecular formula is C26H31FN4O4. The van der Waals surface area contributed by atoms with Crippen molar-refractivity contribution in [2.75, 3.05) is 0 Å². The van der Waals surface area contributed by atoms with Crippen LogP contribution < -0.4 is 11.1 Å². The molecule has 3 atom stereocenters. The van der Waals surface area contributed by atoms with E-state index in [9.17, 15) is 24.2 Å². The van der Waals surface area contributed by atoms with E-state index >= 15 is 0 Å². The van der Waals surface area contributed by atoms with Crippen molar-refractivity contribution in [3.63, 3.8) is 0 Å². The summed E-state index contributed by atoms with van der Waals surface area (Å²) in [6, 6.07) is 12.1. The van der Waals surface area contributed by atoms with Gasteiger partial charge in [0.05, 0.1) is 35.0 Å². The first-order valence-electron chi connectivity index (χ1n) is 11.5. The minimum absolute atomic E-state index is 0.0327. The fourth-order valence-electron chi connectivity index (χ4n) is 3.87. The van der Waals surface area contributed by atoms with E-state index in [-0.39, 0.29) is 25.0 Å². The van der Waals surface area contributed by atoms with Crippen LogP contribution in [0.3, 0.4) is 0 Å². The third-order valence-electron chi connectivity index (χ3n) is 5.84. The molecule has 0 saturated heterocycles. The first kappa shape index (κ1) is 26.2. The number of aliphatic hydroxyl groups excluding tert-OH is 1. The van der Waals surface area contributed by atoms with Gasteiger partial charge in [0.25, 0.3) is 5.91 Å². The van der Waals surface area contributed by atoms with Gasteiger partial charge in [-0.3, -0.25) is 14.6 Å². The summed E-state index contributed by atoms with van der Waals surface area (Å²) in [4.78, 5) is 33.6. The molecule has 0 spiro atoms. The van der Waals surface area contributed by atoms with Gasteiger partial charge in [-0.15, -0.1) is 0 Å². The van der Waals surface area contributed by atoms with Crippen LogP contribution in [0.4, 0.5) is 4.39 Å². The molecule has 3 rings (SSSR count). The van der Waals surface area contributed by atoms with Gasteiger partial charge in [-0.05, 0) is 69.4 Å². The molecular weight excluding hydrogens is 451 g/mol. The Labute approximate surface area is 203 Å². The minimum Gasteiger partial charge on any atom is -0.391 e. The molecule has 0 unspecified atom stereocenters. The van der Waals surface area contributed by atoms with Gasteiger partial charge in [0, 0.05) is 5.92 Å². The number of benzene rings is 2. The number of hydrogen-bond donors (Lipinski definition) is 4. The molecule has 5 N–H and O–H groups in total. The Bertz CT molecular complexity index is 1180. The minimum atomic E-state index is -1.17. The van der Waals surface area contributed by atoms with Crippen molar-refractivity contribution in [2.45, 2.75) is 57.3 Å². The van der Waals surface area contributed by atoms with Crippen LogP contribution in [0.1, 0.15) is 49.2 Å². The summed E-state index contributed by atoms with van der Waals surface area (Å²) < 4.78 is 13.8. The number of primary amides is 1. The van der Waals surface area contributed by atoms with E-state index in [0.717, 1.165) is 0 Å². The lowest BCUT2D eigenvalue weighted by Crippen LogP contribution is -2.46. The van der Waals surface area contributed by atoms with E-state index in [0.29, 0.717) is 23.0 Å². The van der Waals surface area contributed by atoms with E-state index in [4.69, 9.17) is 5.73 Å². The van der Waals surface area contributed by atoms with Gasteiger partial charge >= 0.3 is 0 Å². The summed E-state index contributed by atoms with van der Waals surface area (Å²) in [5, 5.41) is 23.8. The number of nitrogens with zero attached hydrogens (tertiary/aromatic N) is 2. The molecule has 35 heavy (non-hydrogen) atoms. The zero-order valence-corrected chi connectivity index (χ0v) is 19.8. The Balaban J connectivity index is 1.81. The summed E-state index contributed by atoms with van der Waals surface area (Å²) >= 11 is 0. The van der Waals surface area contributed by atoms with Crippen molar-refractivity contribution in [1.29, 1.82) is 0 Å². The highest BCUT2D eigenvalue weighted by Gasteiger charge is 2.29. The fraction of sp³-hybridized carbons (Fsp3) is 0.385. The summed E-state index contributed by atoms with van der Waals surface area (Å²) in [5.74, 6) is -2.33. The Morgan fingerprint density at radius 2 is 1.86 bits per heavy atom. The van der Waals surface area contributed by atoms with Crippen molar-refractivity contribution >= 4 is 22.8 Å². The monoisotopic (exact) mass is 482 g/mol. The Hall–Kier alpha value is -3.43. The molecule has 0 fully saturated rings. The molecule has 1 heterocycles. The van der Waals surface area contributed by atoms with Gasteiger partial charge in [0.2, 0.25) is 5.91 Å². The molecule has 186 valence electrons. The Morgan fingerprint density at radius 3 is 2.51 bits per heavy atom. The van der Waals surface area contributed by atoms with E-state index in [2.05, 4.69) is 15.3 Å². The highest BCUT2D eigenvalue weighted by atomic mass is 19.1. The predicted octanol–water partition coefficient (Wildman–Crippen LogP) is 2.51. The van der Waals surface area contributed by atoms with Crippen molar-refractivity contribution in [2.24, 2.45) is 11.7 Å². The first-order valence-corrected chi connectivity index (χ1v) is 11.5. The van der Waals surface area contributed by atoms with Crippen LogP contribution >= 0.6 is 0 Å². The lowest BCUT2D eigenvalue weighted by Gasteiger charge is -2.28. The Morgan fingerprint density at radius 1 is 1.14 bits per heavy atom. The SMILES string of the molecule is CC(C)(O)CC[C@@H](C[C@H](O)[C@H](Cc1cccc(F)c1)NC(=O)c1cnc2ccccc2n1)C(N)=O. The molecule has 3 aromatic rings. The number of para-hydroxylation sites is 2. The van der Waals surface area contributed by atoms with Crippen LogP contribution in [0.25, 0.3) is 11.0 Å². The van der Waals surface area contributed by atoms with Crippen LogP contribution in [-0.2, 0) is 11.2 Å². The van der Waals surface area contributed by atoms with Crippen LogP contribution in [0.5, 0.6) is 0 Å². The van der Waals surface area contributed by atoms with Gasteiger partial charge in [0.15, 0.2) is 0 Å². The van der Waals surface area contributed by atoms with Crippen LogP contribution in [0.15, 0.2) is 54.7 Å². The average molecular weight is 483 g/mol. The van der Waals surface area contributed by atoms with Gasteiger partial charge in [-0.25, -0.2) is 9.37 Å². The number of carbonyl (C=O) groups excluding carboxylic acids is 2. The van der Waals surface area contributed by atoms with Crippen molar-refractivity contribution in [1.82, 2.24) is 15.3 Å². The number of nitrogens with two attached hydrogens (primary N) is 1. The molecule has 0 aliphatic heterocycles. The van der Waals surface area contributed by atoms with E-state index in [1.54, 1.807) is 44.2 Å². The number of hydrogen-bond acceptors (Lipinski definition) is 6. The topological polar surface area (TPSA) is 138 Å². The molecule has 0 radical (unpaired) electrons.